The van der Waals surface area contributed by atoms with Gasteiger partial charge in [-0.25, -0.2) is 8.42 Å². The second kappa shape index (κ2) is 15.7. The highest BCUT2D eigenvalue weighted by molar-refractivity contribution is 7.92. The lowest BCUT2D eigenvalue weighted by molar-refractivity contribution is -0.140. The van der Waals surface area contributed by atoms with Crippen molar-refractivity contribution in [3.63, 3.8) is 0 Å². The van der Waals surface area contributed by atoms with Crippen molar-refractivity contribution in [1.29, 1.82) is 0 Å². The van der Waals surface area contributed by atoms with Gasteiger partial charge in [-0.15, -0.1) is 0 Å². The second-order valence-corrected chi connectivity index (χ2v) is 14.3. The number of aryl methyl sites for hydroxylation is 1. The number of benzene rings is 4. The molecule has 1 fully saturated rings. The van der Waals surface area contributed by atoms with Crippen molar-refractivity contribution in [2.75, 3.05) is 10.8 Å². The molecule has 0 unspecified atom stereocenters. The number of nitrogens with zero attached hydrogens (tertiary/aromatic N) is 2. The van der Waals surface area contributed by atoms with E-state index >= 15 is 0 Å². The molecule has 4 aromatic carbocycles. The standard InChI is InChI=1S/C38H40F3N3O4S/c1-28-20-22-30(23-21-28)26-43(35(24-29-12-5-2-6-13-29)37(46)42-32-15-7-3-8-16-32)36(45)27-44(49(47,48)34-18-9-4-10-19-34)33-17-11-14-31(25-33)38(39,40)41/h2,4-6,9-14,17-23,25,32,35H,3,7-8,15-16,24,26-27H2,1H3,(H,42,46)/t35-/m1/s1. The summed E-state index contributed by atoms with van der Waals surface area (Å²) in [5, 5.41) is 3.14. The predicted octanol–water partition coefficient (Wildman–Crippen LogP) is 7.30. The maximum Gasteiger partial charge on any atom is 0.416 e. The van der Waals surface area contributed by atoms with Gasteiger partial charge < -0.3 is 10.2 Å². The third-order valence-corrected chi connectivity index (χ3v) is 10.6. The van der Waals surface area contributed by atoms with Crippen LogP contribution in [-0.4, -0.2) is 43.8 Å². The summed E-state index contributed by atoms with van der Waals surface area (Å²) >= 11 is 0. The van der Waals surface area contributed by atoms with Gasteiger partial charge in [-0.05, 0) is 61.2 Å². The molecule has 5 rings (SSSR count). The molecule has 0 spiro atoms. The molecule has 0 saturated heterocycles. The average molecular weight is 692 g/mol. The van der Waals surface area contributed by atoms with E-state index in [-0.39, 0.29) is 35.5 Å². The minimum atomic E-state index is -4.75. The van der Waals surface area contributed by atoms with Crippen LogP contribution < -0.4 is 9.62 Å². The number of rotatable bonds is 12. The quantitative estimate of drug-likeness (QED) is 0.169. The number of sulfonamides is 1. The highest BCUT2D eigenvalue weighted by Crippen LogP contribution is 2.33. The molecule has 0 bridgehead atoms. The Labute approximate surface area is 285 Å². The minimum Gasteiger partial charge on any atom is -0.352 e. The molecule has 0 aliphatic heterocycles. The molecule has 11 heteroatoms. The highest BCUT2D eigenvalue weighted by atomic mass is 32.2. The van der Waals surface area contributed by atoms with Gasteiger partial charge in [-0.3, -0.25) is 13.9 Å². The minimum absolute atomic E-state index is 0.0312. The summed E-state index contributed by atoms with van der Waals surface area (Å²) < 4.78 is 70.4. The first-order chi connectivity index (χ1) is 23.4. The van der Waals surface area contributed by atoms with E-state index in [1.165, 1.54) is 35.2 Å². The molecular formula is C38H40F3N3O4S. The fourth-order valence-corrected chi connectivity index (χ4v) is 7.50. The Morgan fingerprint density at radius 3 is 2.08 bits per heavy atom. The van der Waals surface area contributed by atoms with Crippen LogP contribution in [-0.2, 0) is 38.8 Å². The number of hydrogen-bond acceptors (Lipinski definition) is 4. The van der Waals surface area contributed by atoms with Crippen LogP contribution in [0, 0.1) is 6.92 Å². The summed E-state index contributed by atoms with van der Waals surface area (Å²) in [6.07, 6.45) is 0.0542. The van der Waals surface area contributed by atoms with E-state index in [0.717, 1.165) is 61.4 Å². The van der Waals surface area contributed by atoms with Crippen LogP contribution >= 0.6 is 0 Å². The van der Waals surface area contributed by atoms with Crippen molar-refractivity contribution in [3.8, 4) is 0 Å². The lowest BCUT2D eigenvalue weighted by Crippen LogP contribution is -2.55. The first-order valence-corrected chi connectivity index (χ1v) is 17.8. The molecule has 2 amide bonds. The van der Waals surface area contributed by atoms with Crippen LogP contribution in [0.1, 0.15) is 54.4 Å². The Kier molecular flexibility index (Phi) is 11.4. The maximum atomic E-state index is 14.6. The molecule has 0 aromatic heterocycles. The van der Waals surface area contributed by atoms with Gasteiger partial charge in [0.25, 0.3) is 10.0 Å². The largest absolute Gasteiger partial charge is 0.416 e. The monoisotopic (exact) mass is 691 g/mol. The molecule has 258 valence electrons. The van der Waals surface area contributed by atoms with E-state index in [9.17, 15) is 31.2 Å². The fraction of sp³-hybridized carbons (Fsp3) is 0.316. The van der Waals surface area contributed by atoms with Gasteiger partial charge in [0.1, 0.15) is 12.6 Å². The van der Waals surface area contributed by atoms with Crippen LogP contribution in [0.25, 0.3) is 0 Å². The zero-order chi connectivity index (χ0) is 35.0. The molecule has 1 aliphatic carbocycles. The van der Waals surface area contributed by atoms with Crippen LogP contribution in [0.2, 0.25) is 0 Å². The molecular weight excluding hydrogens is 651 g/mol. The molecule has 7 nitrogen and oxygen atoms in total. The van der Waals surface area contributed by atoms with E-state index in [4.69, 9.17) is 0 Å². The number of anilines is 1. The summed E-state index contributed by atoms with van der Waals surface area (Å²) in [6, 6.07) is 26.7. The summed E-state index contributed by atoms with van der Waals surface area (Å²) in [4.78, 5) is 29.9. The van der Waals surface area contributed by atoms with Gasteiger partial charge in [0.15, 0.2) is 0 Å². The van der Waals surface area contributed by atoms with Crippen molar-refractivity contribution in [2.45, 2.75) is 75.1 Å². The molecule has 1 N–H and O–H groups in total. The Balaban J connectivity index is 1.58. The number of amides is 2. The van der Waals surface area contributed by atoms with E-state index < -0.39 is 40.3 Å². The van der Waals surface area contributed by atoms with Gasteiger partial charge in [0.2, 0.25) is 11.8 Å². The zero-order valence-electron chi connectivity index (χ0n) is 27.3. The number of alkyl halides is 3. The lowest BCUT2D eigenvalue weighted by atomic mass is 9.94. The Morgan fingerprint density at radius 1 is 0.816 bits per heavy atom. The Hall–Kier alpha value is -4.64. The highest BCUT2D eigenvalue weighted by Gasteiger charge is 2.37. The van der Waals surface area contributed by atoms with Crippen molar-refractivity contribution in [2.24, 2.45) is 0 Å². The van der Waals surface area contributed by atoms with Crippen molar-refractivity contribution in [3.05, 3.63) is 131 Å². The number of nitrogens with one attached hydrogen (secondary N) is 1. The molecule has 1 saturated carbocycles. The van der Waals surface area contributed by atoms with Gasteiger partial charge in [0, 0.05) is 19.0 Å². The normalized spacial score (nSPS) is 14.5. The molecule has 49 heavy (non-hydrogen) atoms. The Morgan fingerprint density at radius 2 is 1.45 bits per heavy atom. The smallest absolute Gasteiger partial charge is 0.352 e. The number of hydrogen-bond donors (Lipinski definition) is 1. The van der Waals surface area contributed by atoms with Crippen LogP contribution in [0.15, 0.2) is 114 Å². The SMILES string of the molecule is Cc1ccc(CN(C(=O)CN(c2cccc(C(F)(F)F)c2)S(=O)(=O)c2ccccc2)[C@H](Cc2ccccc2)C(=O)NC2CCCCC2)cc1. The zero-order valence-corrected chi connectivity index (χ0v) is 28.1. The second-order valence-electron chi connectivity index (χ2n) is 12.4. The number of halogens is 3. The molecule has 0 radical (unpaired) electrons. The van der Waals surface area contributed by atoms with Gasteiger partial charge in [-0.1, -0.05) is 104 Å². The van der Waals surface area contributed by atoms with E-state index in [2.05, 4.69) is 5.32 Å². The van der Waals surface area contributed by atoms with Gasteiger partial charge in [-0.2, -0.15) is 13.2 Å². The molecule has 0 heterocycles. The molecule has 1 atom stereocenters. The van der Waals surface area contributed by atoms with E-state index in [1.54, 1.807) is 6.07 Å². The van der Waals surface area contributed by atoms with E-state index in [0.29, 0.717) is 9.87 Å². The molecule has 4 aromatic rings. The topological polar surface area (TPSA) is 86.8 Å². The third-order valence-electron chi connectivity index (χ3n) is 8.77. The maximum absolute atomic E-state index is 14.6. The van der Waals surface area contributed by atoms with Gasteiger partial charge in [0.05, 0.1) is 16.1 Å². The number of carbonyl (C=O) groups excluding carboxylic acids is 2. The van der Waals surface area contributed by atoms with Crippen LogP contribution in [0.4, 0.5) is 18.9 Å². The lowest BCUT2D eigenvalue weighted by Gasteiger charge is -2.35. The van der Waals surface area contributed by atoms with Crippen LogP contribution in [0.5, 0.6) is 0 Å². The number of carbonyl (C=O) groups is 2. The van der Waals surface area contributed by atoms with Gasteiger partial charge >= 0.3 is 6.18 Å². The first-order valence-electron chi connectivity index (χ1n) is 16.4. The summed E-state index contributed by atoms with van der Waals surface area (Å²) in [6.45, 7) is 1.05. The summed E-state index contributed by atoms with van der Waals surface area (Å²) in [5.41, 5.74) is 1.10. The first kappa shape index (κ1) is 35.7. The van der Waals surface area contributed by atoms with Crippen molar-refractivity contribution < 1.29 is 31.2 Å². The van der Waals surface area contributed by atoms with E-state index in [1.807, 2.05) is 61.5 Å². The van der Waals surface area contributed by atoms with Crippen molar-refractivity contribution >= 4 is 27.5 Å². The van der Waals surface area contributed by atoms with Crippen molar-refractivity contribution in [1.82, 2.24) is 10.2 Å². The fourth-order valence-electron chi connectivity index (χ4n) is 6.07. The summed E-state index contributed by atoms with van der Waals surface area (Å²) in [5.74, 6) is -1.11. The van der Waals surface area contributed by atoms with Crippen LogP contribution in [0.3, 0.4) is 0 Å². The third kappa shape index (κ3) is 9.29. The molecule has 1 aliphatic rings. The summed E-state index contributed by atoms with van der Waals surface area (Å²) in [7, 11) is -4.53. The predicted molar refractivity (Wildman–Crippen MR) is 183 cm³/mol. The Bertz CT molecular complexity index is 1810. The average Bonchev–Trinajstić information content (AvgIpc) is 3.10.